The average molecular weight is 245 g/mol. The van der Waals surface area contributed by atoms with Gasteiger partial charge in [0.25, 0.3) is 0 Å². The lowest BCUT2D eigenvalue weighted by Gasteiger charge is -2.23. The molecule has 1 heterocycles. The third-order valence-electron chi connectivity index (χ3n) is 3.32. The molecule has 96 valence electrons. The highest BCUT2D eigenvalue weighted by Crippen LogP contribution is 2.25. The van der Waals surface area contributed by atoms with Gasteiger partial charge in [-0.3, -0.25) is 0 Å². The van der Waals surface area contributed by atoms with Gasteiger partial charge in [-0.15, -0.1) is 0 Å². The van der Waals surface area contributed by atoms with Crippen LogP contribution in [0.25, 0.3) is 0 Å². The molecule has 0 saturated carbocycles. The molecule has 0 aromatic heterocycles. The Morgan fingerprint density at radius 3 is 2.56 bits per heavy atom. The molecule has 16 heavy (non-hydrogen) atoms. The van der Waals surface area contributed by atoms with E-state index >= 15 is 0 Å². The molecule has 0 spiro atoms. The number of nitrogens with two attached hydrogens (primary N) is 1. The highest BCUT2D eigenvalue weighted by Gasteiger charge is 2.16. The van der Waals surface area contributed by atoms with Crippen LogP contribution < -0.4 is 5.73 Å². The third kappa shape index (κ3) is 6.12. The highest BCUT2D eigenvalue weighted by molar-refractivity contribution is 7.99. The maximum Gasteiger partial charge on any atom is 0.0476 e. The summed E-state index contributed by atoms with van der Waals surface area (Å²) in [6.07, 6.45) is 6.42. The van der Waals surface area contributed by atoms with E-state index in [1.54, 1.807) is 0 Å². The minimum atomic E-state index is 0.337. The van der Waals surface area contributed by atoms with Crippen molar-refractivity contribution >= 4 is 11.8 Å². The zero-order valence-electron chi connectivity index (χ0n) is 10.8. The maximum atomic E-state index is 5.72. The number of ether oxygens (including phenoxy) is 1. The second-order valence-electron chi connectivity index (χ2n) is 5.51. The van der Waals surface area contributed by atoms with Crippen LogP contribution in [0, 0.1) is 5.41 Å². The molecule has 1 fully saturated rings. The molecule has 0 radical (unpaired) electrons. The van der Waals surface area contributed by atoms with E-state index in [1.807, 2.05) is 0 Å². The lowest BCUT2D eigenvalue weighted by atomic mass is 9.88. The lowest BCUT2D eigenvalue weighted by molar-refractivity contribution is 0.100. The molecule has 1 aliphatic rings. The van der Waals surface area contributed by atoms with Gasteiger partial charge in [0.1, 0.15) is 0 Å². The van der Waals surface area contributed by atoms with Crippen LogP contribution in [-0.4, -0.2) is 30.8 Å². The first kappa shape index (κ1) is 14.3. The molecule has 2 nitrogen and oxygen atoms in total. The molecular weight excluding hydrogens is 218 g/mol. The van der Waals surface area contributed by atoms with Crippen LogP contribution in [0.4, 0.5) is 0 Å². The molecule has 0 aromatic rings. The first-order chi connectivity index (χ1) is 7.64. The average Bonchev–Trinajstić information content (AvgIpc) is 2.30. The summed E-state index contributed by atoms with van der Waals surface area (Å²) >= 11 is 2.14. The Morgan fingerprint density at radius 1 is 1.25 bits per heavy atom. The van der Waals surface area contributed by atoms with Crippen molar-refractivity contribution in [2.24, 2.45) is 11.1 Å². The van der Waals surface area contributed by atoms with Crippen molar-refractivity contribution in [3.05, 3.63) is 0 Å². The summed E-state index contributed by atoms with van der Waals surface area (Å²) in [5.74, 6) is 1.31. The molecule has 0 amide bonds. The highest BCUT2D eigenvalue weighted by atomic mass is 32.2. The predicted molar refractivity (Wildman–Crippen MR) is 73.0 cm³/mol. The molecule has 1 aliphatic heterocycles. The quantitative estimate of drug-likeness (QED) is 0.700. The maximum absolute atomic E-state index is 5.72. The van der Waals surface area contributed by atoms with Gasteiger partial charge in [-0.25, -0.2) is 0 Å². The smallest absolute Gasteiger partial charge is 0.0476 e. The summed E-state index contributed by atoms with van der Waals surface area (Å²) in [6, 6.07) is 0. The first-order valence-electron chi connectivity index (χ1n) is 6.53. The zero-order valence-corrected chi connectivity index (χ0v) is 11.7. The van der Waals surface area contributed by atoms with E-state index < -0.39 is 0 Å². The number of unbranched alkanes of at least 4 members (excludes halogenated alkanes) is 1. The number of thioether (sulfide) groups is 1. The van der Waals surface area contributed by atoms with Gasteiger partial charge >= 0.3 is 0 Å². The van der Waals surface area contributed by atoms with Gasteiger partial charge in [-0.1, -0.05) is 20.3 Å². The minimum Gasteiger partial charge on any atom is -0.381 e. The normalized spacial score (nSPS) is 18.9. The summed E-state index contributed by atoms with van der Waals surface area (Å²) < 4.78 is 5.36. The fraction of sp³-hybridized carbons (Fsp3) is 1.00. The van der Waals surface area contributed by atoms with E-state index in [-0.39, 0.29) is 0 Å². The standard InChI is InChI=1S/C13H27NOS/c1-13(2,11-14)7-3-4-10-16-12-5-8-15-9-6-12/h12H,3-11,14H2,1-2H3. The van der Waals surface area contributed by atoms with Crippen LogP contribution in [0.1, 0.15) is 46.0 Å². The molecule has 0 unspecified atom stereocenters. The zero-order chi connectivity index (χ0) is 11.9. The molecule has 0 aliphatic carbocycles. The third-order valence-corrected chi connectivity index (χ3v) is 4.79. The van der Waals surface area contributed by atoms with Crippen LogP contribution in [0.3, 0.4) is 0 Å². The first-order valence-corrected chi connectivity index (χ1v) is 7.58. The number of hydrogen-bond donors (Lipinski definition) is 1. The van der Waals surface area contributed by atoms with E-state index in [0.717, 1.165) is 25.0 Å². The fourth-order valence-corrected chi connectivity index (χ4v) is 3.13. The molecule has 0 atom stereocenters. The molecule has 1 rings (SSSR count). The van der Waals surface area contributed by atoms with Crippen molar-refractivity contribution in [1.82, 2.24) is 0 Å². The molecule has 2 N–H and O–H groups in total. The Bertz CT molecular complexity index is 179. The molecule has 0 bridgehead atoms. The van der Waals surface area contributed by atoms with E-state index in [4.69, 9.17) is 10.5 Å². The second-order valence-corrected chi connectivity index (χ2v) is 6.92. The Labute approximate surface area is 105 Å². The van der Waals surface area contributed by atoms with Crippen molar-refractivity contribution in [3.8, 4) is 0 Å². The number of rotatable bonds is 7. The van der Waals surface area contributed by atoms with Crippen molar-refractivity contribution in [3.63, 3.8) is 0 Å². The monoisotopic (exact) mass is 245 g/mol. The topological polar surface area (TPSA) is 35.2 Å². The van der Waals surface area contributed by atoms with Gasteiger partial charge in [-0.05, 0) is 43.4 Å². The van der Waals surface area contributed by atoms with Crippen LogP contribution in [0.5, 0.6) is 0 Å². The van der Waals surface area contributed by atoms with Gasteiger partial charge in [0.05, 0.1) is 0 Å². The van der Waals surface area contributed by atoms with Crippen LogP contribution in [-0.2, 0) is 4.74 Å². The Kier molecular flexibility index (Phi) is 6.78. The van der Waals surface area contributed by atoms with Gasteiger partial charge in [0.15, 0.2) is 0 Å². The summed E-state index contributed by atoms with van der Waals surface area (Å²) in [4.78, 5) is 0. The predicted octanol–water partition coefficient (Wildman–Crippen LogP) is 3.05. The van der Waals surface area contributed by atoms with Crippen molar-refractivity contribution < 1.29 is 4.74 Å². The molecule has 3 heteroatoms. The van der Waals surface area contributed by atoms with Crippen molar-refractivity contribution in [2.75, 3.05) is 25.5 Å². The van der Waals surface area contributed by atoms with Gasteiger partial charge in [-0.2, -0.15) is 11.8 Å². The van der Waals surface area contributed by atoms with Crippen LogP contribution >= 0.6 is 11.8 Å². The summed E-state index contributed by atoms with van der Waals surface area (Å²) in [6.45, 7) is 7.27. The minimum absolute atomic E-state index is 0.337. The Balaban J connectivity index is 1.95. The largest absolute Gasteiger partial charge is 0.381 e. The van der Waals surface area contributed by atoms with E-state index in [9.17, 15) is 0 Å². The molecule has 1 saturated heterocycles. The summed E-state index contributed by atoms with van der Waals surface area (Å²) in [5.41, 5.74) is 6.06. The Hall–Kier alpha value is 0.270. The second kappa shape index (κ2) is 7.57. The molecule has 0 aromatic carbocycles. The van der Waals surface area contributed by atoms with Gasteiger partial charge in [0.2, 0.25) is 0 Å². The SMILES string of the molecule is CC(C)(CN)CCCCSC1CCOCC1. The fourth-order valence-electron chi connectivity index (χ4n) is 1.90. The van der Waals surface area contributed by atoms with E-state index in [0.29, 0.717) is 5.41 Å². The van der Waals surface area contributed by atoms with E-state index in [1.165, 1.54) is 37.9 Å². The lowest BCUT2D eigenvalue weighted by Crippen LogP contribution is -2.23. The summed E-state index contributed by atoms with van der Waals surface area (Å²) in [5, 5.41) is 0.858. The Morgan fingerprint density at radius 2 is 1.94 bits per heavy atom. The number of hydrogen-bond acceptors (Lipinski definition) is 3. The van der Waals surface area contributed by atoms with Crippen LogP contribution in [0.2, 0.25) is 0 Å². The van der Waals surface area contributed by atoms with Gasteiger partial charge in [0, 0.05) is 18.5 Å². The van der Waals surface area contributed by atoms with Crippen molar-refractivity contribution in [2.45, 2.75) is 51.2 Å². The van der Waals surface area contributed by atoms with Crippen molar-refractivity contribution in [1.29, 1.82) is 0 Å². The molecular formula is C13H27NOS. The van der Waals surface area contributed by atoms with Gasteiger partial charge < -0.3 is 10.5 Å². The van der Waals surface area contributed by atoms with Crippen LogP contribution in [0.15, 0.2) is 0 Å². The van der Waals surface area contributed by atoms with E-state index in [2.05, 4.69) is 25.6 Å². The summed E-state index contributed by atoms with van der Waals surface area (Å²) in [7, 11) is 0.